The number of hydrogen-bond donors (Lipinski definition) is 1. The van der Waals surface area contributed by atoms with E-state index in [-0.39, 0.29) is 11.7 Å². The summed E-state index contributed by atoms with van der Waals surface area (Å²) in [6.45, 7) is 6.59. The van der Waals surface area contributed by atoms with Crippen LogP contribution in [0.5, 0.6) is 0 Å². The normalized spacial score (nSPS) is 19.8. The summed E-state index contributed by atoms with van der Waals surface area (Å²) < 4.78 is 5.64. The SMILES string of the molecule is CCOC1CCN(CC(=O)c2c[nH]c(C(=O)N3CCCC3)c2)CC1. The minimum atomic E-state index is 0.00378. The third-order valence-electron chi connectivity index (χ3n) is 4.93. The molecular weight excluding hydrogens is 306 g/mol. The number of carbonyl (C=O) groups is 2. The van der Waals surface area contributed by atoms with Gasteiger partial charge in [-0.15, -0.1) is 0 Å². The standard InChI is InChI=1S/C18H27N3O3/c1-2-24-15-5-9-20(10-6-15)13-17(22)14-11-16(19-12-14)18(23)21-7-3-4-8-21/h11-12,15,19H,2-10,13H2,1H3. The highest BCUT2D eigenvalue weighted by Gasteiger charge is 2.24. The number of hydrogen-bond acceptors (Lipinski definition) is 4. The second-order valence-corrected chi connectivity index (χ2v) is 6.66. The molecule has 0 bridgehead atoms. The average molecular weight is 333 g/mol. The van der Waals surface area contributed by atoms with Gasteiger partial charge in [0, 0.05) is 44.5 Å². The van der Waals surface area contributed by atoms with Gasteiger partial charge in [-0.1, -0.05) is 0 Å². The lowest BCUT2D eigenvalue weighted by Gasteiger charge is -2.31. The Labute approximate surface area is 143 Å². The molecule has 2 fully saturated rings. The lowest BCUT2D eigenvalue weighted by molar-refractivity contribution is 0.0147. The molecule has 2 aliphatic rings. The molecule has 1 aromatic heterocycles. The van der Waals surface area contributed by atoms with Crippen LogP contribution in [0.4, 0.5) is 0 Å². The van der Waals surface area contributed by atoms with Crippen LogP contribution in [-0.2, 0) is 4.74 Å². The van der Waals surface area contributed by atoms with E-state index >= 15 is 0 Å². The van der Waals surface area contributed by atoms with Crippen molar-refractivity contribution in [1.82, 2.24) is 14.8 Å². The van der Waals surface area contributed by atoms with Crippen molar-refractivity contribution in [3.63, 3.8) is 0 Å². The highest BCUT2D eigenvalue weighted by molar-refractivity contribution is 6.01. The number of carbonyl (C=O) groups excluding carboxylic acids is 2. The predicted octanol–water partition coefficient (Wildman–Crippen LogP) is 1.93. The van der Waals surface area contributed by atoms with Crippen molar-refractivity contribution in [3.8, 4) is 0 Å². The second kappa shape index (κ2) is 7.94. The van der Waals surface area contributed by atoms with E-state index < -0.39 is 0 Å². The summed E-state index contributed by atoms with van der Waals surface area (Å²) in [6.07, 6.45) is 6.09. The van der Waals surface area contributed by atoms with Gasteiger partial charge < -0.3 is 14.6 Å². The average Bonchev–Trinajstić information content (AvgIpc) is 3.28. The molecule has 1 amide bonds. The van der Waals surface area contributed by atoms with Crippen LogP contribution in [0, 0.1) is 0 Å². The van der Waals surface area contributed by atoms with Gasteiger partial charge >= 0.3 is 0 Å². The number of Topliss-reactive ketones (excluding diaryl/α,β-unsaturated/α-hetero) is 1. The maximum atomic E-state index is 12.5. The summed E-state index contributed by atoms with van der Waals surface area (Å²) in [5.74, 6) is 0.0747. The Morgan fingerprint density at radius 3 is 2.58 bits per heavy atom. The van der Waals surface area contributed by atoms with E-state index in [0.29, 0.717) is 23.9 Å². The maximum Gasteiger partial charge on any atom is 0.270 e. The largest absolute Gasteiger partial charge is 0.378 e. The molecule has 0 aromatic carbocycles. The van der Waals surface area contributed by atoms with Gasteiger partial charge in [-0.3, -0.25) is 14.5 Å². The van der Waals surface area contributed by atoms with Crippen molar-refractivity contribution in [1.29, 1.82) is 0 Å². The molecule has 0 saturated carbocycles. The molecule has 24 heavy (non-hydrogen) atoms. The first-order valence-corrected chi connectivity index (χ1v) is 9.02. The summed E-state index contributed by atoms with van der Waals surface area (Å²) >= 11 is 0. The van der Waals surface area contributed by atoms with Crippen LogP contribution >= 0.6 is 0 Å². The molecular formula is C18H27N3O3. The van der Waals surface area contributed by atoms with Crippen LogP contribution in [0.1, 0.15) is 53.5 Å². The Bertz CT molecular complexity index is 570. The van der Waals surface area contributed by atoms with Crippen LogP contribution in [0.15, 0.2) is 12.3 Å². The van der Waals surface area contributed by atoms with Crippen LogP contribution in [0.25, 0.3) is 0 Å². The molecule has 3 heterocycles. The first-order chi connectivity index (χ1) is 11.7. The van der Waals surface area contributed by atoms with E-state index in [1.807, 2.05) is 11.8 Å². The zero-order valence-electron chi connectivity index (χ0n) is 14.4. The Morgan fingerprint density at radius 2 is 1.92 bits per heavy atom. The Kier molecular flexibility index (Phi) is 5.68. The highest BCUT2D eigenvalue weighted by Crippen LogP contribution is 2.16. The van der Waals surface area contributed by atoms with Crippen LogP contribution < -0.4 is 0 Å². The number of piperidine rings is 1. The number of likely N-dealkylation sites (tertiary alicyclic amines) is 2. The fourth-order valence-electron chi connectivity index (χ4n) is 3.53. The van der Waals surface area contributed by atoms with Crippen molar-refractivity contribution in [2.45, 2.75) is 38.7 Å². The van der Waals surface area contributed by atoms with Gasteiger partial charge in [0.1, 0.15) is 5.69 Å². The Morgan fingerprint density at radius 1 is 1.21 bits per heavy atom. The van der Waals surface area contributed by atoms with Crippen molar-refractivity contribution in [3.05, 3.63) is 23.5 Å². The van der Waals surface area contributed by atoms with Gasteiger partial charge in [-0.05, 0) is 38.7 Å². The third kappa shape index (κ3) is 4.05. The van der Waals surface area contributed by atoms with E-state index in [0.717, 1.165) is 58.5 Å². The molecule has 1 aromatic rings. The predicted molar refractivity (Wildman–Crippen MR) is 91.3 cm³/mol. The van der Waals surface area contributed by atoms with Crippen molar-refractivity contribution in [2.24, 2.45) is 0 Å². The number of H-pyrrole nitrogens is 1. The molecule has 132 valence electrons. The molecule has 0 radical (unpaired) electrons. The lowest BCUT2D eigenvalue weighted by Crippen LogP contribution is -2.39. The lowest BCUT2D eigenvalue weighted by atomic mass is 10.1. The topological polar surface area (TPSA) is 65.6 Å². The van der Waals surface area contributed by atoms with Crippen LogP contribution in [0.2, 0.25) is 0 Å². The van der Waals surface area contributed by atoms with Crippen LogP contribution in [0.3, 0.4) is 0 Å². The maximum absolute atomic E-state index is 12.5. The quantitative estimate of drug-likeness (QED) is 0.808. The zero-order valence-corrected chi connectivity index (χ0v) is 14.4. The third-order valence-corrected chi connectivity index (χ3v) is 4.93. The molecule has 2 saturated heterocycles. The van der Waals surface area contributed by atoms with E-state index in [1.54, 1.807) is 12.3 Å². The van der Waals surface area contributed by atoms with Gasteiger partial charge in [-0.25, -0.2) is 0 Å². The van der Waals surface area contributed by atoms with Gasteiger partial charge in [0.25, 0.3) is 5.91 Å². The first kappa shape index (κ1) is 17.2. The van der Waals surface area contributed by atoms with E-state index in [4.69, 9.17) is 4.74 Å². The zero-order chi connectivity index (χ0) is 16.9. The molecule has 0 spiro atoms. The van der Waals surface area contributed by atoms with Gasteiger partial charge in [0.2, 0.25) is 0 Å². The molecule has 0 aliphatic carbocycles. The van der Waals surface area contributed by atoms with Gasteiger partial charge in [0.05, 0.1) is 12.6 Å². The Hall–Kier alpha value is -1.66. The molecule has 3 rings (SSSR count). The number of nitrogens with one attached hydrogen (secondary N) is 1. The molecule has 1 N–H and O–H groups in total. The molecule has 2 aliphatic heterocycles. The van der Waals surface area contributed by atoms with E-state index in [9.17, 15) is 9.59 Å². The molecule has 6 nitrogen and oxygen atoms in total. The van der Waals surface area contributed by atoms with E-state index in [1.165, 1.54) is 0 Å². The summed E-state index contributed by atoms with van der Waals surface area (Å²) in [5, 5.41) is 0. The summed E-state index contributed by atoms with van der Waals surface area (Å²) in [5.41, 5.74) is 1.12. The smallest absolute Gasteiger partial charge is 0.270 e. The van der Waals surface area contributed by atoms with Crippen molar-refractivity contribution >= 4 is 11.7 Å². The second-order valence-electron chi connectivity index (χ2n) is 6.66. The minimum absolute atomic E-state index is 0.00378. The highest BCUT2D eigenvalue weighted by atomic mass is 16.5. The number of amides is 1. The molecule has 0 atom stereocenters. The monoisotopic (exact) mass is 333 g/mol. The fraction of sp³-hybridized carbons (Fsp3) is 0.667. The van der Waals surface area contributed by atoms with E-state index in [2.05, 4.69) is 9.88 Å². The van der Waals surface area contributed by atoms with Gasteiger partial charge in [0.15, 0.2) is 5.78 Å². The summed E-state index contributed by atoms with van der Waals surface area (Å²) in [7, 11) is 0. The number of ether oxygens (including phenoxy) is 1. The van der Waals surface area contributed by atoms with Gasteiger partial charge in [-0.2, -0.15) is 0 Å². The number of nitrogens with zero attached hydrogens (tertiary/aromatic N) is 2. The molecule has 0 unspecified atom stereocenters. The number of aromatic nitrogens is 1. The van der Waals surface area contributed by atoms with Crippen LogP contribution in [-0.4, -0.2) is 71.9 Å². The summed E-state index contributed by atoms with van der Waals surface area (Å²) in [6, 6.07) is 1.70. The van der Waals surface area contributed by atoms with Crippen molar-refractivity contribution < 1.29 is 14.3 Å². The number of ketones is 1. The Balaban J connectivity index is 1.52. The van der Waals surface area contributed by atoms with Crippen molar-refractivity contribution in [2.75, 3.05) is 39.3 Å². The molecule has 6 heteroatoms. The first-order valence-electron chi connectivity index (χ1n) is 9.02. The fourth-order valence-corrected chi connectivity index (χ4v) is 3.53. The minimum Gasteiger partial charge on any atom is -0.378 e. The summed E-state index contributed by atoms with van der Waals surface area (Å²) in [4.78, 5) is 31.8. The number of rotatable bonds is 6. The number of aromatic amines is 1.